The molecule has 688 valence electrons. The molecule has 0 atom stereocenters. The summed E-state index contributed by atoms with van der Waals surface area (Å²) in [6.07, 6.45) is 9.82. The number of nitrogens with two attached hydrogens (primary N) is 1. The van der Waals surface area contributed by atoms with Crippen molar-refractivity contribution in [1.29, 1.82) is 0 Å². The molecule has 3 fully saturated rings. The number of anilines is 12. The maximum absolute atomic E-state index is 13.2. The Labute approximate surface area is 781 Å². The molecular formula is C94H118Br3N19O10S3. The number of aryl methyl sites for hydroxylation is 4. The number of nitrogens with zero attached hydrogens (tertiary/aromatic N) is 8. The minimum atomic E-state index is -3.56. The van der Waals surface area contributed by atoms with Crippen LogP contribution in [0.4, 0.5) is 69.4 Å². The number of halogens is 3. The summed E-state index contributed by atoms with van der Waals surface area (Å²) in [5.41, 5.74) is 19.1. The molecule has 0 saturated carbocycles. The fourth-order valence-electron chi connectivity index (χ4n) is 16.5. The number of para-hydroxylation sites is 3. The van der Waals surface area contributed by atoms with Gasteiger partial charge in [0.15, 0.2) is 29.5 Å². The number of ether oxygens (including phenoxy) is 3. The van der Waals surface area contributed by atoms with Crippen molar-refractivity contribution < 1.29 is 44.3 Å². The first-order valence-electron chi connectivity index (χ1n) is 43.8. The number of nitrogens with one attached hydrogen (secondary N) is 10. The van der Waals surface area contributed by atoms with Crippen LogP contribution in [0.2, 0.25) is 0 Å². The molecule has 6 aromatic heterocycles. The molecule has 129 heavy (non-hydrogen) atoms. The molecule has 6 aromatic carbocycles. The lowest BCUT2D eigenvalue weighted by molar-refractivity contribution is -0.119. The monoisotopic (exact) mass is 2010 g/mol. The van der Waals surface area contributed by atoms with Crippen molar-refractivity contribution in [3.8, 4) is 17.2 Å². The smallest absolute Gasteiger partial charge is 0.231 e. The van der Waals surface area contributed by atoms with Gasteiger partial charge in [-0.15, -0.1) is 0 Å². The Balaban J connectivity index is 0.000000165. The second-order valence-electron chi connectivity index (χ2n) is 35.0. The minimum Gasteiger partial charge on any atom is -0.489 e. The van der Waals surface area contributed by atoms with Crippen LogP contribution in [0.25, 0.3) is 33.1 Å². The van der Waals surface area contributed by atoms with Gasteiger partial charge in [0.25, 0.3) is 0 Å². The number of aromatic amines is 3. The Morgan fingerprint density at radius 3 is 1.18 bits per heavy atom. The van der Waals surface area contributed by atoms with Crippen LogP contribution in [-0.2, 0) is 34.3 Å². The number of hydrogen-bond acceptors (Lipinski definition) is 25. The fourth-order valence-corrected chi connectivity index (χ4v) is 21.4. The number of sulfone groups is 3. The first-order chi connectivity index (χ1) is 61.2. The van der Waals surface area contributed by atoms with Gasteiger partial charge < -0.3 is 77.0 Å². The van der Waals surface area contributed by atoms with Gasteiger partial charge in [-0.05, 0) is 373 Å². The standard InChI is InChI=1S/C32H40BrN7O4S.C32H42N6O3S.C30H36Br2N6O3S/c1-18(2)44-26-15-22(21-10-12-40(13-11-21)17-28(34)41)20(5)14-25(26)37-32-38-30-29(23(33)16-35-30)31(39-32)36-24-8-6-7-9-27(24)45(42,43)19(3)4;1-19(2)41-27-17-24(23-12-14-38(7)15-13-23)21(5)16-26(27)35-32-36-30-29(22(6)18-33-30)31(37-32)34-25-10-8-9-11-28(25)42(39,40)20(3)4;1-16(2)41-23-15-20(19-10-12-33-13-11-19)18(5)14-22(23)35-30-37-28(25-26(31)27(32)36-29(25)38-30)34-21-8-6-7-9-24(21)42(39,40)17(3)4/h6-9,14-16,18-19,21H,10-13,17H2,1-5H3,(H2,34,41)(H3,35,36,37,38,39);8-11,16-20,23H,12-15H2,1-7H3,(H3,33,34,35,36,37);6-9,14-17,19,33H,10-13H2,1-5H3,(H3,34,35,36,37,38). The van der Waals surface area contributed by atoms with Gasteiger partial charge in [-0.2, -0.15) is 29.9 Å². The predicted octanol–water partition coefficient (Wildman–Crippen LogP) is 20.7. The van der Waals surface area contributed by atoms with E-state index in [1.165, 1.54) is 27.8 Å². The van der Waals surface area contributed by atoms with Crippen molar-refractivity contribution in [2.24, 2.45) is 5.73 Å². The van der Waals surface area contributed by atoms with Gasteiger partial charge in [0.05, 0.1) is 115 Å². The highest BCUT2D eigenvalue weighted by Crippen LogP contribution is 2.46. The highest BCUT2D eigenvalue weighted by molar-refractivity contribution is 9.13. The highest BCUT2D eigenvalue weighted by atomic mass is 79.9. The largest absolute Gasteiger partial charge is 0.489 e. The molecule has 12 aromatic rings. The number of rotatable bonds is 29. The summed E-state index contributed by atoms with van der Waals surface area (Å²) in [5, 5.41) is 23.9. The van der Waals surface area contributed by atoms with E-state index in [4.69, 9.17) is 49.8 Å². The number of likely N-dealkylation sites (tertiary alicyclic amines) is 2. The number of carbonyl (C=O) groups excluding carboxylic acids is 1. The van der Waals surface area contributed by atoms with E-state index in [2.05, 4.69) is 174 Å². The van der Waals surface area contributed by atoms with E-state index >= 15 is 0 Å². The van der Waals surface area contributed by atoms with E-state index in [0.717, 1.165) is 132 Å². The number of fused-ring (bicyclic) bond motifs is 3. The van der Waals surface area contributed by atoms with Crippen LogP contribution in [0.5, 0.6) is 17.2 Å². The molecule has 35 heteroatoms. The lowest BCUT2D eigenvalue weighted by atomic mass is 9.86. The van der Waals surface area contributed by atoms with Crippen molar-refractivity contribution in [1.82, 2.24) is 60.0 Å². The zero-order valence-corrected chi connectivity index (χ0v) is 83.2. The summed E-state index contributed by atoms with van der Waals surface area (Å²) in [6.45, 7) is 36.5. The lowest BCUT2D eigenvalue weighted by Crippen LogP contribution is -2.39. The average Bonchev–Trinajstić information content (AvgIpc) is 1.68. The quantitative estimate of drug-likeness (QED) is 0.0207. The molecule has 0 spiro atoms. The molecule has 0 bridgehead atoms. The normalized spacial score (nSPS) is 14.8. The summed E-state index contributed by atoms with van der Waals surface area (Å²) in [5.74, 6) is 5.60. The zero-order valence-electron chi connectivity index (χ0n) is 76.0. The maximum atomic E-state index is 13.2. The van der Waals surface area contributed by atoms with Gasteiger partial charge >= 0.3 is 0 Å². The maximum Gasteiger partial charge on any atom is 0.231 e. The van der Waals surface area contributed by atoms with E-state index in [1.807, 2.05) is 60.7 Å². The summed E-state index contributed by atoms with van der Waals surface area (Å²) in [7, 11) is -8.46. The molecule has 0 unspecified atom stereocenters. The molecule has 0 aliphatic carbocycles. The Morgan fingerprint density at radius 2 is 0.791 bits per heavy atom. The first-order valence-corrected chi connectivity index (χ1v) is 50.8. The van der Waals surface area contributed by atoms with Gasteiger partial charge in [-0.1, -0.05) is 36.4 Å². The molecular weight excluding hydrogens is 1890 g/mol. The Morgan fingerprint density at radius 1 is 0.442 bits per heavy atom. The summed E-state index contributed by atoms with van der Waals surface area (Å²) < 4.78 is 99.9. The van der Waals surface area contributed by atoms with Crippen LogP contribution in [0.15, 0.2) is 150 Å². The molecule has 15 rings (SSSR count). The molecule has 9 heterocycles. The molecule has 3 aliphatic heterocycles. The van der Waals surface area contributed by atoms with E-state index in [9.17, 15) is 30.0 Å². The van der Waals surface area contributed by atoms with Crippen molar-refractivity contribution in [3.05, 3.63) is 174 Å². The zero-order chi connectivity index (χ0) is 92.8. The predicted molar refractivity (Wildman–Crippen MR) is 528 cm³/mol. The average molecular weight is 2010 g/mol. The van der Waals surface area contributed by atoms with Crippen LogP contribution >= 0.6 is 47.8 Å². The molecule has 29 nitrogen and oxygen atoms in total. The number of hydrogen-bond donors (Lipinski definition) is 11. The molecule has 1 amide bonds. The van der Waals surface area contributed by atoms with Crippen LogP contribution in [0.1, 0.15) is 178 Å². The third-order valence-corrected chi connectivity index (χ3v) is 32.4. The number of amides is 1. The van der Waals surface area contributed by atoms with E-state index in [-0.39, 0.29) is 45.5 Å². The second-order valence-corrected chi connectivity index (χ2v) is 44.8. The summed E-state index contributed by atoms with van der Waals surface area (Å²) in [4.78, 5) is 54.9. The first kappa shape index (κ1) is 96.6. The van der Waals surface area contributed by atoms with Gasteiger partial charge in [0.1, 0.15) is 51.6 Å². The fraction of sp³-hybridized carbons (Fsp3) is 0.415. The SMILES string of the molecule is Cc1cc(Nc2nc(Nc3ccccc3S(=O)(=O)C(C)C)c3c(Br)c(Br)[nH]c3n2)c(OC(C)C)cc1C1CCNCC1.Cc1cc(Nc2nc(Nc3ccccc3S(=O)(=O)C(C)C)c3c(Br)c[nH]c3n2)c(OC(C)C)cc1C1CCN(CC(N)=O)CC1.Cc1cc(Nc2nc(Nc3ccccc3S(=O)(=O)C(C)C)c3c(C)c[nH]c3n2)c(OC(C)C)cc1C1CCN(C)CC1. The van der Waals surface area contributed by atoms with Crippen molar-refractivity contribution in [2.45, 2.75) is 216 Å². The Hall–Kier alpha value is -9.98. The number of carbonyl (C=O) groups is 1. The molecule has 3 saturated heterocycles. The number of piperidine rings is 3. The summed E-state index contributed by atoms with van der Waals surface area (Å²) in [6, 6.07) is 33.3. The van der Waals surface area contributed by atoms with Gasteiger partial charge in [0.2, 0.25) is 23.8 Å². The third kappa shape index (κ3) is 22.6. The van der Waals surface area contributed by atoms with E-state index in [1.54, 1.807) is 114 Å². The van der Waals surface area contributed by atoms with Gasteiger partial charge in [-0.3, -0.25) is 9.69 Å². The number of benzene rings is 6. The van der Waals surface area contributed by atoms with Crippen molar-refractivity contribution >= 4 is 186 Å². The molecule has 3 aliphatic rings. The van der Waals surface area contributed by atoms with Crippen molar-refractivity contribution in [3.63, 3.8) is 0 Å². The van der Waals surface area contributed by atoms with E-state index in [0.29, 0.717) is 108 Å². The topological polar surface area (TPSA) is 389 Å². The second kappa shape index (κ2) is 41.2. The van der Waals surface area contributed by atoms with Crippen molar-refractivity contribution in [2.75, 3.05) is 84.8 Å². The number of H-pyrrole nitrogens is 3. The van der Waals surface area contributed by atoms with Crippen LogP contribution < -0.4 is 57.2 Å². The number of primary amides is 1. The Bertz CT molecular complexity index is 6430. The van der Waals surface area contributed by atoms with Crippen LogP contribution in [0, 0.1) is 27.7 Å². The van der Waals surface area contributed by atoms with Gasteiger partial charge in [-0.25, -0.2) is 25.3 Å². The van der Waals surface area contributed by atoms with Crippen LogP contribution in [0.3, 0.4) is 0 Å². The highest BCUT2D eigenvalue weighted by Gasteiger charge is 2.32. The Kier molecular flexibility index (Phi) is 30.9. The third-order valence-electron chi connectivity index (χ3n) is 23.2. The molecule has 12 N–H and O–H groups in total. The molecule has 0 radical (unpaired) electrons. The number of aromatic nitrogens is 9. The van der Waals surface area contributed by atoms with Crippen LogP contribution in [-0.4, -0.2) is 173 Å². The van der Waals surface area contributed by atoms with Gasteiger partial charge in [0, 0.05) is 16.9 Å². The minimum absolute atomic E-state index is 0.00955. The summed E-state index contributed by atoms with van der Waals surface area (Å²) >= 11 is 10.7. The van der Waals surface area contributed by atoms with E-state index < -0.39 is 45.3 Å². The lowest BCUT2D eigenvalue weighted by Gasteiger charge is -2.32.